The number of alkyl halides is 1. The first-order chi connectivity index (χ1) is 6.16. The standard InChI is InChI=1S/C9H13BrO4/c1-5(11)7(6(2)12)14-8(13)9(3,4)10/h7H,1-4H3. The Morgan fingerprint density at radius 1 is 1.14 bits per heavy atom. The molecule has 0 aromatic rings. The van der Waals surface area contributed by atoms with Gasteiger partial charge in [-0.25, -0.2) is 0 Å². The summed E-state index contributed by atoms with van der Waals surface area (Å²) < 4.78 is 3.86. The summed E-state index contributed by atoms with van der Waals surface area (Å²) in [5.74, 6) is -1.57. The van der Waals surface area contributed by atoms with Crippen molar-refractivity contribution < 1.29 is 19.1 Å². The lowest BCUT2D eigenvalue weighted by molar-refractivity contribution is -0.160. The number of Topliss-reactive ketones (excluding diaryl/α,β-unsaturated/α-hetero) is 2. The van der Waals surface area contributed by atoms with E-state index in [0.29, 0.717) is 0 Å². The predicted molar refractivity (Wildman–Crippen MR) is 54.2 cm³/mol. The van der Waals surface area contributed by atoms with E-state index in [2.05, 4.69) is 15.9 Å². The van der Waals surface area contributed by atoms with Crippen molar-refractivity contribution in [2.75, 3.05) is 0 Å². The maximum absolute atomic E-state index is 11.3. The van der Waals surface area contributed by atoms with Gasteiger partial charge < -0.3 is 4.74 Å². The molecule has 0 aliphatic carbocycles. The first-order valence-corrected chi connectivity index (χ1v) is 4.86. The molecule has 4 nitrogen and oxygen atoms in total. The van der Waals surface area contributed by atoms with Crippen molar-refractivity contribution in [3.05, 3.63) is 0 Å². The zero-order chi connectivity index (χ0) is 11.5. The smallest absolute Gasteiger partial charge is 0.323 e. The third-order valence-corrected chi connectivity index (χ3v) is 1.77. The molecule has 0 aliphatic rings. The van der Waals surface area contributed by atoms with E-state index in [4.69, 9.17) is 4.74 Å². The van der Waals surface area contributed by atoms with Crippen LogP contribution in [0.3, 0.4) is 0 Å². The Hall–Kier alpha value is -0.710. The topological polar surface area (TPSA) is 60.4 Å². The van der Waals surface area contributed by atoms with Crippen LogP contribution in [0.15, 0.2) is 0 Å². The van der Waals surface area contributed by atoms with Gasteiger partial charge in [-0.3, -0.25) is 14.4 Å². The van der Waals surface area contributed by atoms with Gasteiger partial charge in [-0.2, -0.15) is 0 Å². The second-order valence-electron chi connectivity index (χ2n) is 3.48. The molecule has 0 spiro atoms. The van der Waals surface area contributed by atoms with Crippen LogP contribution >= 0.6 is 15.9 Å². The molecule has 0 unspecified atom stereocenters. The minimum absolute atomic E-state index is 0.470. The summed E-state index contributed by atoms with van der Waals surface area (Å²) in [6, 6.07) is 0. The van der Waals surface area contributed by atoms with Gasteiger partial charge in [-0.05, 0) is 27.7 Å². The number of ether oxygens (including phenoxy) is 1. The third-order valence-electron chi connectivity index (χ3n) is 1.45. The zero-order valence-electron chi connectivity index (χ0n) is 8.59. The highest BCUT2D eigenvalue weighted by atomic mass is 79.9. The molecular formula is C9H13BrO4. The van der Waals surface area contributed by atoms with E-state index in [0.717, 1.165) is 0 Å². The molecule has 0 radical (unpaired) electrons. The Morgan fingerprint density at radius 3 is 1.71 bits per heavy atom. The molecule has 0 aromatic carbocycles. The van der Waals surface area contributed by atoms with Crippen LogP contribution in [0, 0.1) is 0 Å². The molecular weight excluding hydrogens is 252 g/mol. The van der Waals surface area contributed by atoms with Crippen molar-refractivity contribution in [3.63, 3.8) is 0 Å². The number of hydrogen-bond acceptors (Lipinski definition) is 4. The Bertz CT molecular complexity index is 250. The Morgan fingerprint density at radius 2 is 1.50 bits per heavy atom. The summed E-state index contributed by atoms with van der Waals surface area (Å²) in [5.41, 5.74) is 0. The van der Waals surface area contributed by atoms with E-state index in [1.54, 1.807) is 13.8 Å². The average Bonchev–Trinajstić information content (AvgIpc) is 1.96. The molecule has 0 fully saturated rings. The van der Waals surface area contributed by atoms with Crippen molar-refractivity contribution in [2.24, 2.45) is 0 Å². The van der Waals surface area contributed by atoms with Crippen LogP contribution in [0.2, 0.25) is 0 Å². The van der Waals surface area contributed by atoms with E-state index in [9.17, 15) is 14.4 Å². The monoisotopic (exact) mass is 264 g/mol. The van der Waals surface area contributed by atoms with Crippen LogP contribution in [-0.4, -0.2) is 28.0 Å². The van der Waals surface area contributed by atoms with E-state index in [-0.39, 0.29) is 0 Å². The van der Waals surface area contributed by atoms with Gasteiger partial charge in [0.2, 0.25) is 6.10 Å². The normalized spacial score (nSPS) is 11.3. The molecule has 5 heteroatoms. The summed E-state index contributed by atoms with van der Waals surface area (Å²) in [7, 11) is 0. The number of rotatable bonds is 4. The highest BCUT2D eigenvalue weighted by molar-refractivity contribution is 9.10. The van der Waals surface area contributed by atoms with Crippen molar-refractivity contribution in [3.8, 4) is 0 Å². The molecule has 0 N–H and O–H groups in total. The van der Waals surface area contributed by atoms with Crippen LogP contribution in [0.25, 0.3) is 0 Å². The van der Waals surface area contributed by atoms with Crippen molar-refractivity contribution in [2.45, 2.75) is 38.1 Å². The summed E-state index contributed by atoms with van der Waals surface area (Å²) >= 11 is 3.07. The fourth-order valence-electron chi connectivity index (χ4n) is 0.699. The van der Waals surface area contributed by atoms with E-state index in [1.165, 1.54) is 13.8 Å². The van der Waals surface area contributed by atoms with Crippen LogP contribution in [0.4, 0.5) is 0 Å². The lowest BCUT2D eigenvalue weighted by atomic mass is 10.1. The summed E-state index contributed by atoms with van der Waals surface area (Å²) in [5, 5.41) is 0. The maximum atomic E-state index is 11.3. The highest BCUT2D eigenvalue weighted by Gasteiger charge is 2.31. The van der Waals surface area contributed by atoms with Crippen molar-refractivity contribution in [1.82, 2.24) is 0 Å². The van der Waals surface area contributed by atoms with Crippen LogP contribution in [-0.2, 0) is 19.1 Å². The SMILES string of the molecule is CC(=O)C(OC(=O)C(C)(C)Br)C(C)=O. The average molecular weight is 265 g/mol. The summed E-state index contributed by atoms with van der Waals surface area (Å²) in [4.78, 5) is 33.2. The number of hydrogen-bond donors (Lipinski definition) is 0. The number of esters is 1. The minimum atomic E-state index is -1.28. The van der Waals surface area contributed by atoms with Crippen molar-refractivity contribution >= 4 is 33.5 Å². The first kappa shape index (κ1) is 13.3. The number of ketones is 2. The van der Waals surface area contributed by atoms with Gasteiger partial charge in [0, 0.05) is 0 Å². The number of halogens is 1. The zero-order valence-corrected chi connectivity index (χ0v) is 10.2. The second-order valence-corrected chi connectivity index (χ2v) is 5.46. The lowest BCUT2D eigenvalue weighted by Crippen LogP contribution is -2.37. The molecule has 80 valence electrons. The third kappa shape index (κ3) is 4.00. The number of carbonyl (C=O) groups excluding carboxylic acids is 3. The van der Waals surface area contributed by atoms with Gasteiger partial charge in [-0.1, -0.05) is 15.9 Å². The van der Waals surface area contributed by atoms with Crippen LogP contribution < -0.4 is 0 Å². The molecule has 0 saturated carbocycles. The summed E-state index contributed by atoms with van der Waals surface area (Å²) in [6.07, 6.45) is -1.28. The Kier molecular flexibility index (Phi) is 4.45. The largest absolute Gasteiger partial charge is 0.445 e. The van der Waals surface area contributed by atoms with Gasteiger partial charge in [0.15, 0.2) is 11.6 Å². The highest BCUT2D eigenvalue weighted by Crippen LogP contribution is 2.18. The quantitative estimate of drug-likeness (QED) is 0.436. The van der Waals surface area contributed by atoms with Crippen LogP contribution in [0.1, 0.15) is 27.7 Å². The fourth-order valence-corrected chi connectivity index (χ4v) is 0.793. The maximum Gasteiger partial charge on any atom is 0.323 e. The molecule has 0 aromatic heterocycles. The van der Waals surface area contributed by atoms with Crippen LogP contribution in [0.5, 0.6) is 0 Å². The van der Waals surface area contributed by atoms with Crippen molar-refractivity contribution in [1.29, 1.82) is 0 Å². The van der Waals surface area contributed by atoms with Gasteiger partial charge >= 0.3 is 5.97 Å². The first-order valence-electron chi connectivity index (χ1n) is 4.07. The molecule has 0 bridgehead atoms. The molecule has 14 heavy (non-hydrogen) atoms. The van der Waals surface area contributed by atoms with Gasteiger partial charge in [-0.15, -0.1) is 0 Å². The summed E-state index contributed by atoms with van der Waals surface area (Å²) in [6.45, 7) is 5.57. The molecule has 0 heterocycles. The molecule has 0 rings (SSSR count). The van der Waals surface area contributed by atoms with E-state index >= 15 is 0 Å². The van der Waals surface area contributed by atoms with Gasteiger partial charge in [0.05, 0.1) is 0 Å². The molecule has 0 aliphatic heterocycles. The van der Waals surface area contributed by atoms with E-state index < -0.39 is 28.0 Å². The van der Waals surface area contributed by atoms with Gasteiger partial charge in [0.25, 0.3) is 0 Å². The van der Waals surface area contributed by atoms with E-state index in [1.807, 2.05) is 0 Å². The molecule has 0 atom stereocenters. The molecule has 0 saturated heterocycles. The lowest BCUT2D eigenvalue weighted by Gasteiger charge is -2.18. The fraction of sp³-hybridized carbons (Fsp3) is 0.667. The predicted octanol–water partition coefficient (Wildman–Crippen LogP) is 1.25. The Labute approximate surface area is 91.1 Å². The Balaban J connectivity index is 4.56. The minimum Gasteiger partial charge on any atom is -0.445 e. The van der Waals surface area contributed by atoms with Gasteiger partial charge in [0.1, 0.15) is 4.32 Å². The number of carbonyl (C=O) groups is 3. The molecule has 0 amide bonds. The second kappa shape index (κ2) is 4.68.